The number of carbonyl (C=O) groups is 3. The Morgan fingerprint density at radius 3 is 2.47 bits per heavy atom. The Hall–Kier alpha value is -4.38. The fourth-order valence-electron chi connectivity index (χ4n) is 5.05. The van der Waals surface area contributed by atoms with Gasteiger partial charge in [-0.1, -0.05) is 26.7 Å². The molecule has 3 aromatic heterocycles. The van der Waals surface area contributed by atoms with Crippen molar-refractivity contribution < 1.29 is 39.5 Å². The van der Waals surface area contributed by atoms with Gasteiger partial charge < -0.3 is 30.5 Å². The van der Waals surface area contributed by atoms with E-state index in [0.717, 1.165) is 49.0 Å². The number of aliphatic hydroxyl groups is 1. The van der Waals surface area contributed by atoms with Crippen LogP contribution in [0.3, 0.4) is 0 Å². The van der Waals surface area contributed by atoms with Gasteiger partial charge in [0.05, 0.1) is 31.1 Å². The second-order valence-corrected chi connectivity index (χ2v) is 10.4. The number of aromatic nitrogens is 3. The highest BCUT2D eigenvalue weighted by atomic mass is 16.5. The molecule has 13 nitrogen and oxygen atoms in total. The predicted molar refractivity (Wildman–Crippen MR) is 154 cm³/mol. The van der Waals surface area contributed by atoms with Crippen LogP contribution in [0.15, 0.2) is 36.8 Å². The van der Waals surface area contributed by atoms with Crippen LogP contribution >= 0.6 is 0 Å². The van der Waals surface area contributed by atoms with Crippen molar-refractivity contribution >= 4 is 23.4 Å². The van der Waals surface area contributed by atoms with Crippen molar-refractivity contribution in [2.75, 3.05) is 19.7 Å². The largest absolute Gasteiger partial charge is 0.481 e. The fourth-order valence-corrected chi connectivity index (χ4v) is 5.05. The first-order chi connectivity index (χ1) is 20.5. The zero-order valence-corrected chi connectivity index (χ0v) is 24.2. The van der Waals surface area contributed by atoms with Gasteiger partial charge >= 0.3 is 17.9 Å². The van der Waals surface area contributed by atoms with E-state index in [4.69, 9.17) is 30.3 Å². The molecule has 13 heteroatoms. The Kier molecular flexibility index (Phi) is 11.7. The van der Waals surface area contributed by atoms with Crippen molar-refractivity contribution in [2.24, 2.45) is 0 Å². The van der Waals surface area contributed by atoms with Gasteiger partial charge in [-0.3, -0.25) is 14.6 Å². The average Bonchev–Trinajstić information content (AvgIpc) is 3.36. The van der Waals surface area contributed by atoms with Gasteiger partial charge in [0.2, 0.25) is 0 Å². The maximum Gasteiger partial charge on any atom is 0.336 e. The molecule has 1 aliphatic heterocycles. The standard InChI is InChI=1S/C24H29N5O.C6H8O7/c1-3-5-7-17(4-2)20-12-19(22-15-27-10-11-30-22)16-29-24(20)21(13-25)23(28-29)18-8-6-9-26-14-18;7-3(8)1-6(13,5(11)12)2-4(9)10/h6,8-9,12,14,16-17,22,27H,3-5,7,10-11,15H2,1-2H3;13H,1-2H2,(H,7,8)(H,9,10)(H,11,12). The number of hydrogen-bond donors (Lipinski definition) is 5. The molecule has 0 bridgehead atoms. The smallest absolute Gasteiger partial charge is 0.336 e. The van der Waals surface area contributed by atoms with Crippen molar-refractivity contribution in [1.29, 1.82) is 5.26 Å². The lowest BCUT2D eigenvalue weighted by atomic mass is 9.88. The molecule has 0 aliphatic carbocycles. The Morgan fingerprint density at radius 1 is 1.23 bits per heavy atom. The summed E-state index contributed by atoms with van der Waals surface area (Å²) < 4.78 is 7.93. The number of unbranched alkanes of at least 4 members (excludes halogenated alkanes) is 1. The molecule has 1 aliphatic rings. The summed E-state index contributed by atoms with van der Waals surface area (Å²) in [5.41, 5.74) is 2.69. The monoisotopic (exact) mass is 595 g/mol. The first-order valence-electron chi connectivity index (χ1n) is 14.1. The molecule has 0 saturated carbocycles. The van der Waals surface area contributed by atoms with Gasteiger partial charge in [-0.15, -0.1) is 0 Å². The van der Waals surface area contributed by atoms with E-state index in [2.05, 4.69) is 36.3 Å². The Balaban J connectivity index is 0.000000331. The van der Waals surface area contributed by atoms with E-state index >= 15 is 0 Å². The normalized spacial score (nSPS) is 15.6. The lowest BCUT2D eigenvalue weighted by Gasteiger charge is -2.25. The van der Waals surface area contributed by atoms with Gasteiger partial charge in [-0.25, -0.2) is 9.31 Å². The summed E-state index contributed by atoms with van der Waals surface area (Å²) >= 11 is 0. The molecule has 0 aromatic carbocycles. The molecule has 0 spiro atoms. The molecule has 1 saturated heterocycles. The molecule has 2 unspecified atom stereocenters. The van der Waals surface area contributed by atoms with Crippen LogP contribution in [-0.4, -0.2) is 78.2 Å². The molecule has 3 aromatic rings. The predicted octanol–water partition coefficient (Wildman–Crippen LogP) is 3.36. The summed E-state index contributed by atoms with van der Waals surface area (Å²) in [5, 5.41) is 52.2. The zero-order valence-electron chi connectivity index (χ0n) is 24.2. The van der Waals surface area contributed by atoms with E-state index in [0.29, 0.717) is 23.8 Å². The molecule has 0 amide bonds. The lowest BCUT2D eigenvalue weighted by Crippen LogP contribution is -2.42. The number of morpholine rings is 1. The zero-order chi connectivity index (χ0) is 31.6. The minimum absolute atomic E-state index is 0.00200. The van der Waals surface area contributed by atoms with E-state index in [-0.39, 0.29) is 6.10 Å². The van der Waals surface area contributed by atoms with E-state index in [1.54, 1.807) is 12.4 Å². The molecule has 5 N–H and O–H groups in total. The summed E-state index contributed by atoms with van der Waals surface area (Å²) in [6.45, 7) is 6.82. The van der Waals surface area contributed by atoms with Gasteiger partial charge in [-0.2, -0.15) is 10.4 Å². The van der Waals surface area contributed by atoms with Crippen LogP contribution in [0.4, 0.5) is 0 Å². The lowest BCUT2D eigenvalue weighted by molar-refractivity contribution is -0.170. The number of ether oxygens (including phenoxy) is 1. The number of carboxylic acid groups (broad SMARTS) is 3. The van der Waals surface area contributed by atoms with Crippen LogP contribution in [0, 0.1) is 11.3 Å². The SMILES string of the molecule is CCCCC(CC)c1cc(C2CNCCO2)cn2nc(-c3cccnc3)c(C#N)c12.O=C(O)CC(O)(CC(=O)O)C(=O)O. The fraction of sp³-hybridized carbons (Fsp3) is 0.467. The van der Waals surface area contributed by atoms with Crippen LogP contribution in [0.25, 0.3) is 16.8 Å². The number of pyridine rings is 2. The number of fused-ring (bicyclic) bond motifs is 1. The van der Waals surface area contributed by atoms with Crippen molar-refractivity contribution in [3.8, 4) is 17.3 Å². The number of nitrogens with one attached hydrogen (secondary N) is 1. The third kappa shape index (κ3) is 8.35. The molecule has 1 fully saturated rings. The minimum Gasteiger partial charge on any atom is -0.481 e. The number of hydrogen-bond acceptors (Lipinski definition) is 9. The van der Waals surface area contributed by atoms with E-state index < -0.39 is 36.4 Å². The highest BCUT2D eigenvalue weighted by Gasteiger charge is 2.40. The van der Waals surface area contributed by atoms with E-state index in [1.807, 2.05) is 22.8 Å². The van der Waals surface area contributed by atoms with Gasteiger partial charge in [-0.05, 0) is 42.5 Å². The molecule has 0 radical (unpaired) electrons. The Morgan fingerprint density at radius 2 is 1.95 bits per heavy atom. The van der Waals surface area contributed by atoms with Gasteiger partial charge in [0, 0.05) is 42.8 Å². The first-order valence-corrected chi connectivity index (χ1v) is 14.1. The van der Waals surface area contributed by atoms with Gasteiger partial charge in [0.25, 0.3) is 0 Å². The third-order valence-corrected chi connectivity index (χ3v) is 7.25. The van der Waals surface area contributed by atoms with Crippen molar-refractivity contribution in [3.63, 3.8) is 0 Å². The Labute approximate surface area is 248 Å². The summed E-state index contributed by atoms with van der Waals surface area (Å²) in [5.74, 6) is -4.64. The molecular weight excluding hydrogens is 558 g/mol. The van der Waals surface area contributed by atoms with Crippen molar-refractivity contribution in [1.82, 2.24) is 19.9 Å². The molecule has 4 rings (SSSR count). The second kappa shape index (κ2) is 15.2. The van der Waals surface area contributed by atoms with Gasteiger partial charge in [0.1, 0.15) is 17.3 Å². The number of aliphatic carboxylic acids is 3. The van der Waals surface area contributed by atoms with E-state index in [9.17, 15) is 19.6 Å². The number of carboxylic acids is 3. The minimum atomic E-state index is -2.74. The number of rotatable bonds is 12. The van der Waals surface area contributed by atoms with Crippen molar-refractivity contribution in [3.05, 3.63) is 53.5 Å². The first kappa shape index (κ1) is 33.1. The van der Waals surface area contributed by atoms with Crippen LogP contribution < -0.4 is 5.32 Å². The maximum absolute atomic E-state index is 10.3. The van der Waals surface area contributed by atoms with E-state index in [1.165, 1.54) is 12.0 Å². The molecule has 230 valence electrons. The number of nitriles is 1. The summed E-state index contributed by atoms with van der Waals surface area (Å²) in [6, 6.07) is 8.53. The summed E-state index contributed by atoms with van der Waals surface area (Å²) in [6.07, 6.45) is 7.71. The quantitative estimate of drug-likeness (QED) is 0.204. The number of nitrogens with zero attached hydrogens (tertiary/aromatic N) is 4. The highest BCUT2D eigenvalue weighted by Crippen LogP contribution is 2.36. The van der Waals surface area contributed by atoms with Crippen LogP contribution in [0.2, 0.25) is 0 Å². The third-order valence-electron chi connectivity index (χ3n) is 7.25. The van der Waals surface area contributed by atoms with Crippen molar-refractivity contribution in [2.45, 2.75) is 70.0 Å². The summed E-state index contributed by atoms with van der Waals surface area (Å²) in [4.78, 5) is 34.7. The maximum atomic E-state index is 10.3. The van der Waals surface area contributed by atoms with Crippen LogP contribution in [0.5, 0.6) is 0 Å². The summed E-state index contributed by atoms with van der Waals surface area (Å²) in [7, 11) is 0. The van der Waals surface area contributed by atoms with Gasteiger partial charge in [0.15, 0.2) is 5.60 Å². The average molecular weight is 596 g/mol. The highest BCUT2D eigenvalue weighted by molar-refractivity contribution is 5.88. The molecule has 4 heterocycles. The Bertz CT molecular complexity index is 1440. The molecular formula is C30H37N5O8. The topological polar surface area (TPSA) is 207 Å². The second-order valence-electron chi connectivity index (χ2n) is 10.4. The van der Waals surface area contributed by atoms with Crippen LogP contribution in [0.1, 0.15) is 81.1 Å². The molecule has 2 atom stereocenters. The van der Waals surface area contributed by atoms with Crippen LogP contribution in [-0.2, 0) is 19.1 Å². The molecule has 43 heavy (non-hydrogen) atoms.